The van der Waals surface area contributed by atoms with Gasteiger partial charge in [-0.05, 0) is 44.4 Å². The van der Waals surface area contributed by atoms with Gasteiger partial charge in [0.05, 0.1) is 11.1 Å². The SMILES string of the molecule is Cc1cc(C(=O)N2CCC3CCC(C2)N3)c2ccc(Br)cc2n1. The summed E-state index contributed by atoms with van der Waals surface area (Å²) in [7, 11) is 0. The fourth-order valence-corrected chi connectivity index (χ4v) is 4.16. The first-order valence-corrected chi connectivity index (χ1v) is 9.02. The third-order valence-corrected chi connectivity index (χ3v) is 5.43. The van der Waals surface area contributed by atoms with Crippen LogP contribution in [0.4, 0.5) is 0 Å². The standard InChI is InChI=1S/C18H20BrN3O/c1-11-8-16(15-5-2-12(19)9-17(15)20-11)18(23)22-7-6-13-3-4-14(10-22)21-13/h2,5,8-9,13-14,21H,3-4,6-7,10H2,1H3. The molecule has 2 bridgehead atoms. The largest absolute Gasteiger partial charge is 0.337 e. The predicted octanol–water partition coefficient (Wildman–Crippen LogP) is 3.27. The van der Waals surface area contributed by atoms with Crippen LogP contribution >= 0.6 is 15.9 Å². The van der Waals surface area contributed by atoms with Crippen LogP contribution in [0.25, 0.3) is 10.9 Å². The summed E-state index contributed by atoms with van der Waals surface area (Å²) >= 11 is 3.48. The lowest BCUT2D eigenvalue weighted by atomic mass is 10.0. The number of rotatable bonds is 1. The second kappa shape index (κ2) is 5.87. The molecule has 4 nitrogen and oxygen atoms in total. The van der Waals surface area contributed by atoms with Crippen molar-refractivity contribution in [3.8, 4) is 0 Å². The van der Waals surface area contributed by atoms with E-state index in [2.05, 4.69) is 26.2 Å². The summed E-state index contributed by atoms with van der Waals surface area (Å²) in [5, 5.41) is 4.57. The first kappa shape index (κ1) is 15.1. The van der Waals surface area contributed by atoms with E-state index in [4.69, 9.17) is 0 Å². The highest BCUT2D eigenvalue weighted by Gasteiger charge is 2.31. The minimum Gasteiger partial charge on any atom is -0.337 e. The number of fused-ring (bicyclic) bond motifs is 3. The average molecular weight is 374 g/mol. The van der Waals surface area contributed by atoms with Gasteiger partial charge in [-0.25, -0.2) is 0 Å². The third kappa shape index (κ3) is 2.88. The molecule has 1 N–H and O–H groups in total. The minimum atomic E-state index is 0.136. The molecule has 0 aliphatic carbocycles. The Balaban J connectivity index is 1.71. The van der Waals surface area contributed by atoms with Gasteiger partial charge >= 0.3 is 0 Å². The van der Waals surface area contributed by atoms with Crippen molar-refractivity contribution in [2.45, 2.75) is 38.3 Å². The van der Waals surface area contributed by atoms with Gasteiger partial charge in [0.1, 0.15) is 0 Å². The van der Waals surface area contributed by atoms with Gasteiger partial charge in [-0.3, -0.25) is 9.78 Å². The molecule has 2 saturated heterocycles. The molecular formula is C18H20BrN3O. The van der Waals surface area contributed by atoms with Crippen molar-refractivity contribution in [3.63, 3.8) is 0 Å². The molecule has 1 aromatic heterocycles. The zero-order chi connectivity index (χ0) is 16.0. The van der Waals surface area contributed by atoms with E-state index in [1.165, 1.54) is 12.8 Å². The van der Waals surface area contributed by atoms with Crippen molar-refractivity contribution in [2.24, 2.45) is 0 Å². The zero-order valence-corrected chi connectivity index (χ0v) is 14.8. The van der Waals surface area contributed by atoms with E-state index in [0.29, 0.717) is 12.1 Å². The van der Waals surface area contributed by atoms with Gasteiger partial charge in [-0.1, -0.05) is 22.0 Å². The number of carbonyl (C=O) groups excluding carboxylic acids is 1. The number of nitrogens with one attached hydrogen (secondary N) is 1. The van der Waals surface area contributed by atoms with Crippen LogP contribution in [-0.4, -0.2) is 41.0 Å². The van der Waals surface area contributed by atoms with E-state index < -0.39 is 0 Å². The highest BCUT2D eigenvalue weighted by molar-refractivity contribution is 9.10. The fourth-order valence-electron chi connectivity index (χ4n) is 3.81. The van der Waals surface area contributed by atoms with Crippen molar-refractivity contribution < 1.29 is 4.79 Å². The number of amides is 1. The molecule has 2 aromatic rings. The van der Waals surface area contributed by atoms with Crippen LogP contribution in [0.15, 0.2) is 28.7 Å². The number of hydrogen-bond acceptors (Lipinski definition) is 3. The van der Waals surface area contributed by atoms with Gasteiger partial charge in [-0.2, -0.15) is 0 Å². The molecule has 1 amide bonds. The second-order valence-electron chi connectivity index (χ2n) is 6.65. The number of hydrogen-bond donors (Lipinski definition) is 1. The molecule has 2 aliphatic rings. The molecule has 120 valence electrons. The molecule has 2 atom stereocenters. The molecule has 23 heavy (non-hydrogen) atoms. The molecule has 0 saturated carbocycles. The average Bonchev–Trinajstić information content (AvgIpc) is 2.84. The van der Waals surface area contributed by atoms with Gasteiger partial charge in [0.25, 0.3) is 5.91 Å². The number of pyridine rings is 1. The van der Waals surface area contributed by atoms with Crippen molar-refractivity contribution in [2.75, 3.05) is 13.1 Å². The van der Waals surface area contributed by atoms with Crippen molar-refractivity contribution in [1.29, 1.82) is 0 Å². The molecular weight excluding hydrogens is 354 g/mol. The van der Waals surface area contributed by atoms with Gasteiger partial charge in [0.15, 0.2) is 0 Å². The Kier molecular flexibility index (Phi) is 3.85. The van der Waals surface area contributed by atoms with E-state index >= 15 is 0 Å². The van der Waals surface area contributed by atoms with Crippen molar-refractivity contribution in [1.82, 2.24) is 15.2 Å². The van der Waals surface area contributed by atoms with E-state index in [-0.39, 0.29) is 5.91 Å². The molecule has 2 aliphatic heterocycles. The summed E-state index contributed by atoms with van der Waals surface area (Å²) in [6.07, 6.45) is 3.48. The number of nitrogens with zero attached hydrogens (tertiary/aromatic N) is 2. The summed E-state index contributed by atoms with van der Waals surface area (Å²) in [6, 6.07) is 8.91. The van der Waals surface area contributed by atoms with Crippen LogP contribution in [0.1, 0.15) is 35.3 Å². The molecule has 4 rings (SSSR count). The lowest BCUT2D eigenvalue weighted by Crippen LogP contribution is -2.39. The highest BCUT2D eigenvalue weighted by Crippen LogP contribution is 2.26. The predicted molar refractivity (Wildman–Crippen MR) is 94.6 cm³/mol. The third-order valence-electron chi connectivity index (χ3n) is 4.94. The lowest BCUT2D eigenvalue weighted by molar-refractivity contribution is 0.0750. The van der Waals surface area contributed by atoms with Gasteiger partial charge in [-0.15, -0.1) is 0 Å². The van der Waals surface area contributed by atoms with E-state index in [0.717, 1.165) is 46.1 Å². The Morgan fingerprint density at radius 3 is 2.96 bits per heavy atom. The van der Waals surface area contributed by atoms with Crippen molar-refractivity contribution in [3.05, 3.63) is 40.0 Å². The lowest BCUT2D eigenvalue weighted by Gasteiger charge is -2.25. The van der Waals surface area contributed by atoms with E-state index in [1.807, 2.05) is 36.1 Å². The van der Waals surface area contributed by atoms with Crippen LogP contribution in [0, 0.1) is 6.92 Å². The van der Waals surface area contributed by atoms with Gasteiger partial charge < -0.3 is 10.2 Å². The molecule has 3 heterocycles. The summed E-state index contributed by atoms with van der Waals surface area (Å²) in [5.74, 6) is 0.136. The smallest absolute Gasteiger partial charge is 0.254 e. The number of halogens is 1. The van der Waals surface area contributed by atoms with E-state index in [9.17, 15) is 4.79 Å². The maximum absolute atomic E-state index is 13.1. The highest BCUT2D eigenvalue weighted by atomic mass is 79.9. The molecule has 2 fully saturated rings. The molecule has 2 unspecified atom stereocenters. The van der Waals surface area contributed by atoms with Crippen LogP contribution in [0.2, 0.25) is 0 Å². The molecule has 1 aromatic carbocycles. The Labute approximate surface area is 144 Å². The summed E-state index contributed by atoms with van der Waals surface area (Å²) < 4.78 is 0.984. The normalized spacial score (nSPS) is 24.0. The van der Waals surface area contributed by atoms with Gasteiger partial charge in [0, 0.05) is 40.7 Å². The Morgan fingerprint density at radius 1 is 1.26 bits per heavy atom. The summed E-state index contributed by atoms with van der Waals surface area (Å²) in [5.41, 5.74) is 2.53. The Bertz CT molecular complexity index is 771. The minimum absolute atomic E-state index is 0.136. The monoisotopic (exact) mass is 373 g/mol. The number of benzene rings is 1. The van der Waals surface area contributed by atoms with Crippen LogP contribution in [0.5, 0.6) is 0 Å². The molecule has 5 heteroatoms. The Hall–Kier alpha value is -1.46. The number of aryl methyl sites for hydroxylation is 1. The second-order valence-corrected chi connectivity index (χ2v) is 7.57. The van der Waals surface area contributed by atoms with E-state index in [1.54, 1.807) is 0 Å². The van der Waals surface area contributed by atoms with Gasteiger partial charge in [0.2, 0.25) is 0 Å². The topological polar surface area (TPSA) is 45.2 Å². The number of carbonyl (C=O) groups is 1. The maximum Gasteiger partial charge on any atom is 0.254 e. The molecule has 0 radical (unpaired) electrons. The van der Waals surface area contributed by atoms with Crippen LogP contribution in [-0.2, 0) is 0 Å². The van der Waals surface area contributed by atoms with Crippen LogP contribution < -0.4 is 5.32 Å². The fraction of sp³-hybridized carbons (Fsp3) is 0.444. The number of likely N-dealkylation sites (tertiary alicyclic amines) is 1. The number of aromatic nitrogens is 1. The first-order chi connectivity index (χ1) is 11.1. The summed E-state index contributed by atoms with van der Waals surface area (Å²) in [4.78, 5) is 19.7. The Morgan fingerprint density at radius 2 is 2.09 bits per heavy atom. The molecule has 0 spiro atoms. The summed E-state index contributed by atoms with van der Waals surface area (Å²) in [6.45, 7) is 3.60. The van der Waals surface area contributed by atoms with Crippen LogP contribution in [0.3, 0.4) is 0 Å². The van der Waals surface area contributed by atoms with Crippen molar-refractivity contribution >= 4 is 32.7 Å². The quantitative estimate of drug-likeness (QED) is 0.834. The maximum atomic E-state index is 13.1. The first-order valence-electron chi connectivity index (χ1n) is 8.22. The zero-order valence-electron chi connectivity index (χ0n) is 13.2.